The first-order valence-electron chi connectivity index (χ1n) is 7.41. The fraction of sp³-hybridized carbons (Fsp3) is 0.250. The Morgan fingerprint density at radius 2 is 1.92 bits per heavy atom. The van der Waals surface area contributed by atoms with Crippen LogP contribution in [0.5, 0.6) is 0 Å². The fourth-order valence-electron chi connectivity index (χ4n) is 2.11. The van der Waals surface area contributed by atoms with Crippen LogP contribution in [0.3, 0.4) is 0 Å². The van der Waals surface area contributed by atoms with Gasteiger partial charge in [-0.25, -0.2) is 8.42 Å². The standard InChI is InChI=1S/C16H17N3O3S2.ClH/c1-11(17-2)10-14-18-16(22-19-14)13-8-9-15(23-13)24(20,21)12-6-4-3-5-7-12;/h3-9,11,17H,10H2,1-2H3;1H. The molecule has 1 aromatic carbocycles. The second-order valence-electron chi connectivity index (χ2n) is 5.34. The van der Waals surface area contributed by atoms with Crippen LogP contribution in [-0.2, 0) is 16.3 Å². The van der Waals surface area contributed by atoms with Gasteiger partial charge in [-0.05, 0) is 38.2 Å². The average Bonchev–Trinajstić information content (AvgIpc) is 3.25. The van der Waals surface area contributed by atoms with Crippen molar-refractivity contribution in [3.63, 3.8) is 0 Å². The Bertz CT molecular complexity index is 923. The minimum absolute atomic E-state index is 0. The van der Waals surface area contributed by atoms with E-state index in [9.17, 15) is 8.42 Å². The van der Waals surface area contributed by atoms with Crippen LogP contribution in [0, 0.1) is 0 Å². The van der Waals surface area contributed by atoms with E-state index in [-0.39, 0.29) is 27.6 Å². The summed E-state index contributed by atoms with van der Waals surface area (Å²) in [7, 11) is -1.66. The highest BCUT2D eigenvalue weighted by atomic mass is 35.5. The number of nitrogens with one attached hydrogen (secondary N) is 1. The van der Waals surface area contributed by atoms with E-state index in [0.29, 0.717) is 23.0 Å². The third-order valence-electron chi connectivity index (χ3n) is 3.56. The summed E-state index contributed by atoms with van der Waals surface area (Å²) in [6.07, 6.45) is 0.639. The molecule has 1 atom stereocenters. The van der Waals surface area contributed by atoms with Gasteiger partial charge in [-0.15, -0.1) is 23.7 Å². The molecule has 2 heterocycles. The monoisotopic (exact) mass is 399 g/mol. The molecule has 134 valence electrons. The van der Waals surface area contributed by atoms with Crippen molar-refractivity contribution in [2.24, 2.45) is 0 Å². The Morgan fingerprint density at radius 3 is 2.60 bits per heavy atom. The van der Waals surface area contributed by atoms with Gasteiger partial charge in [0, 0.05) is 12.5 Å². The summed E-state index contributed by atoms with van der Waals surface area (Å²) in [6.45, 7) is 2.02. The lowest BCUT2D eigenvalue weighted by molar-refractivity contribution is 0.419. The summed E-state index contributed by atoms with van der Waals surface area (Å²) >= 11 is 1.13. The van der Waals surface area contributed by atoms with Crippen LogP contribution < -0.4 is 5.32 Å². The van der Waals surface area contributed by atoms with Gasteiger partial charge in [0.1, 0.15) is 4.21 Å². The number of likely N-dealkylation sites (N-methyl/N-ethyl adjacent to an activating group) is 1. The number of sulfone groups is 1. The zero-order chi connectivity index (χ0) is 17.2. The first-order chi connectivity index (χ1) is 11.5. The van der Waals surface area contributed by atoms with E-state index in [4.69, 9.17) is 4.52 Å². The lowest BCUT2D eigenvalue weighted by Crippen LogP contribution is -2.24. The minimum atomic E-state index is -3.52. The van der Waals surface area contributed by atoms with Gasteiger partial charge in [0.2, 0.25) is 9.84 Å². The topological polar surface area (TPSA) is 85.1 Å². The third kappa shape index (κ3) is 4.27. The molecule has 0 saturated heterocycles. The maximum absolute atomic E-state index is 12.6. The maximum Gasteiger partial charge on any atom is 0.268 e. The minimum Gasteiger partial charge on any atom is -0.333 e. The molecule has 9 heteroatoms. The SMILES string of the molecule is CNC(C)Cc1noc(-c2ccc(S(=O)(=O)c3ccccc3)s2)n1.Cl. The Morgan fingerprint density at radius 1 is 1.20 bits per heavy atom. The van der Waals surface area contributed by atoms with Crippen LogP contribution in [-0.4, -0.2) is 31.6 Å². The summed E-state index contributed by atoms with van der Waals surface area (Å²) in [4.78, 5) is 5.24. The van der Waals surface area contributed by atoms with Crippen molar-refractivity contribution < 1.29 is 12.9 Å². The van der Waals surface area contributed by atoms with Crippen molar-refractivity contribution in [3.05, 3.63) is 48.3 Å². The van der Waals surface area contributed by atoms with E-state index in [1.54, 1.807) is 42.5 Å². The molecule has 1 N–H and O–H groups in total. The summed E-state index contributed by atoms with van der Waals surface area (Å²) in [5, 5.41) is 7.05. The molecule has 0 spiro atoms. The van der Waals surface area contributed by atoms with Gasteiger partial charge in [0.05, 0.1) is 9.77 Å². The molecular formula is C16H18ClN3O3S2. The number of aromatic nitrogens is 2. The van der Waals surface area contributed by atoms with E-state index < -0.39 is 9.84 Å². The molecule has 0 aliphatic heterocycles. The molecule has 0 saturated carbocycles. The van der Waals surface area contributed by atoms with Crippen LogP contribution in [0.2, 0.25) is 0 Å². The van der Waals surface area contributed by atoms with Gasteiger partial charge in [-0.1, -0.05) is 23.4 Å². The van der Waals surface area contributed by atoms with Crippen molar-refractivity contribution in [3.8, 4) is 10.8 Å². The normalized spacial score (nSPS) is 12.6. The molecular weight excluding hydrogens is 382 g/mol. The number of benzene rings is 1. The molecule has 0 fully saturated rings. The zero-order valence-corrected chi connectivity index (χ0v) is 16.1. The number of halogens is 1. The van der Waals surface area contributed by atoms with Crippen molar-refractivity contribution in [1.29, 1.82) is 0 Å². The van der Waals surface area contributed by atoms with E-state index in [2.05, 4.69) is 15.5 Å². The van der Waals surface area contributed by atoms with Crippen molar-refractivity contribution in [2.75, 3.05) is 7.05 Å². The van der Waals surface area contributed by atoms with Crippen LogP contribution in [0.4, 0.5) is 0 Å². The average molecular weight is 400 g/mol. The van der Waals surface area contributed by atoms with E-state index in [1.165, 1.54) is 0 Å². The summed E-state index contributed by atoms with van der Waals surface area (Å²) < 4.78 is 30.7. The molecule has 3 aromatic rings. The van der Waals surface area contributed by atoms with E-state index in [0.717, 1.165) is 11.3 Å². The van der Waals surface area contributed by atoms with Crippen molar-refractivity contribution >= 4 is 33.6 Å². The van der Waals surface area contributed by atoms with Gasteiger partial charge in [0.15, 0.2) is 5.82 Å². The predicted molar refractivity (Wildman–Crippen MR) is 99.0 cm³/mol. The summed E-state index contributed by atoms with van der Waals surface area (Å²) in [5.74, 6) is 0.931. The molecule has 0 aliphatic rings. The molecule has 2 aromatic heterocycles. The Hall–Kier alpha value is -1.74. The van der Waals surface area contributed by atoms with Crippen LogP contribution in [0.1, 0.15) is 12.7 Å². The Kier molecular flexibility index (Phi) is 6.34. The van der Waals surface area contributed by atoms with Crippen molar-refractivity contribution in [2.45, 2.75) is 28.5 Å². The van der Waals surface area contributed by atoms with Crippen LogP contribution in [0.15, 0.2) is 56.1 Å². The molecule has 6 nitrogen and oxygen atoms in total. The van der Waals surface area contributed by atoms with E-state index >= 15 is 0 Å². The smallest absolute Gasteiger partial charge is 0.268 e. The molecule has 3 rings (SSSR count). The number of hydrogen-bond donors (Lipinski definition) is 1. The number of nitrogens with zero attached hydrogens (tertiary/aromatic N) is 2. The highest BCUT2D eigenvalue weighted by molar-refractivity contribution is 7.93. The molecule has 0 radical (unpaired) electrons. The van der Waals surface area contributed by atoms with Gasteiger partial charge in [0.25, 0.3) is 5.89 Å². The van der Waals surface area contributed by atoms with E-state index in [1.807, 2.05) is 14.0 Å². The molecule has 0 amide bonds. The second kappa shape index (κ2) is 8.09. The molecule has 25 heavy (non-hydrogen) atoms. The second-order valence-corrected chi connectivity index (χ2v) is 8.61. The maximum atomic E-state index is 12.6. The third-order valence-corrected chi connectivity index (χ3v) is 6.89. The largest absolute Gasteiger partial charge is 0.333 e. The summed E-state index contributed by atoms with van der Waals surface area (Å²) in [5.41, 5.74) is 0. The number of rotatable bonds is 6. The van der Waals surface area contributed by atoms with Crippen LogP contribution >= 0.6 is 23.7 Å². The molecule has 1 unspecified atom stereocenters. The van der Waals surface area contributed by atoms with Crippen LogP contribution in [0.25, 0.3) is 10.8 Å². The Balaban J connectivity index is 0.00000225. The van der Waals surface area contributed by atoms with Gasteiger partial charge < -0.3 is 9.84 Å². The summed E-state index contributed by atoms with van der Waals surface area (Å²) in [6, 6.07) is 11.8. The zero-order valence-electron chi connectivity index (χ0n) is 13.7. The fourth-order valence-corrected chi connectivity index (χ4v) is 4.76. The molecule has 0 bridgehead atoms. The number of hydrogen-bond acceptors (Lipinski definition) is 7. The predicted octanol–water partition coefficient (Wildman–Crippen LogP) is 3.20. The highest BCUT2D eigenvalue weighted by Crippen LogP contribution is 2.32. The lowest BCUT2D eigenvalue weighted by atomic mass is 10.2. The first-order valence-corrected chi connectivity index (χ1v) is 9.71. The lowest BCUT2D eigenvalue weighted by Gasteiger charge is -2.04. The van der Waals surface area contributed by atoms with Crippen molar-refractivity contribution in [1.82, 2.24) is 15.5 Å². The first kappa shape index (κ1) is 19.6. The molecule has 0 aliphatic carbocycles. The van der Waals surface area contributed by atoms with Gasteiger partial charge in [-0.3, -0.25) is 0 Å². The Labute approximate surface area is 156 Å². The van der Waals surface area contributed by atoms with Gasteiger partial charge in [-0.2, -0.15) is 4.98 Å². The quantitative estimate of drug-likeness (QED) is 0.685. The highest BCUT2D eigenvalue weighted by Gasteiger charge is 2.21. The van der Waals surface area contributed by atoms with Gasteiger partial charge >= 0.3 is 0 Å². The number of thiophene rings is 1.